The van der Waals surface area contributed by atoms with E-state index < -0.39 is 17.3 Å². The largest absolute Gasteiger partial charge is 0.508 e. The Labute approximate surface area is 180 Å². The fraction of sp³-hybridized carbons (Fsp3) is 0.0833. The topological polar surface area (TPSA) is 97.0 Å². The fourth-order valence-electron chi connectivity index (χ4n) is 3.95. The third-order valence-corrected chi connectivity index (χ3v) is 5.67. The van der Waals surface area contributed by atoms with Gasteiger partial charge < -0.3 is 19.4 Å². The summed E-state index contributed by atoms with van der Waals surface area (Å²) in [6.45, 7) is 0. The third kappa shape index (κ3) is 3.21. The number of aromatic hydroxyl groups is 2. The molecule has 1 aromatic heterocycles. The summed E-state index contributed by atoms with van der Waals surface area (Å²) < 4.78 is 11.2. The van der Waals surface area contributed by atoms with Crippen molar-refractivity contribution in [1.29, 1.82) is 0 Å². The van der Waals surface area contributed by atoms with Crippen molar-refractivity contribution in [2.75, 3.05) is 0 Å². The molecule has 1 unspecified atom stereocenters. The van der Waals surface area contributed by atoms with Crippen molar-refractivity contribution in [3.63, 3.8) is 0 Å². The van der Waals surface area contributed by atoms with Crippen molar-refractivity contribution in [3.8, 4) is 28.4 Å². The smallest absolute Gasteiger partial charge is 0.312 e. The minimum absolute atomic E-state index is 0.00115. The van der Waals surface area contributed by atoms with Gasteiger partial charge in [0.25, 0.3) is 0 Å². The second-order valence-corrected chi connectivity index (χ2v) is 7.76. The van der Waals surface area contributed by atoms with Crippen LogP contribution in [0.15, 0.2) is 70.1 Å². The van der Waals surface area contributed by atoms with Gasteiger partial charge in [0.15, 0.2) is 0 Å². The standard InChI is InChI=1S/C24H15ClO6/c25-14-5-1-12(2-6-14)16-9-20(28)31-19-10-18(27)22-23(29)17(11-30-24(22)21(16)19)13-3-7-15(26)8-4-13/h1-8,10-11,16,26-27H,9H2. The number of benzene rings is 3. The molecule has 2 N–H and O–H groups in total. The van der Waals surface area contributed by atoms with E-state index in [1.54, 1.807) is 36.4 Å². The normalized spacial score (nSPS) is 15.5. The second kappa shape index (κ2) is 7.18. The van der Waals surface area contributed by atoms with Crippen LogP contribution in [0.1, 0.15) is 23.5 Å². The van der Waals surface area contributed by atoms with Gasteiger partial charge in [0.2, 0.25) is 5.43 Å². The highest BCUT2D eigenvalue weighted by molar-refractivity contribution is 6.30. The Bertz CT molecular complexity index is 1390. The van der Waals surface area contributed by atoms with Gasteiger partial charge in [-0.2, -0.15) is 0 Å². The molecule has 0 fully saturated rings. The van der Waals surface area contributed by atoms with Gasteiger partial charge in [-0.25, -0.2) is 0 Å². The Kier molecular flexibility index (Phi) is 4.45. The number of esters is 1. The van der Waals surface area contributed by atoms with Crippen LogP contribution in [-0.2, 0) is 4.79 Å². The lowest BCUT2D eigenvalue weighted by atomic mass is 9.85. The van der Waals surface area contributed by atoms with Gasteiger partial charge in [0.05, 0.1) is 12.0 Å². The van der Waals surface area contributed by atoms with Crippen LogP contribution >= 0.6 is 11.6 Å². The van der Waals surface area contributed by atoms with Crippen molar-refractivity contribution in [2.24, 2.45) is 0 Å². The Balaban J connectivity index is 1.77. The summed E-state index contributed by atoms with van der Waals surface area (Å²) in [5, 5.41) is 20.7. The Hall–Kier alpha value is -3.77. The lowest BCUT2D eigenvalue weighted by molar-refractivity contribution is -0.135. The number of rotatable bonds is 2. The molecule has 0 amide bonds. The predicted octanol–water partition coefficient (Wildman–Crippen LogP) is 4.97. The van der Waals surface area contributed by atoms with Gasteiger partial charge in [-0.3, -0.25) is 9.59 Å². The first-order valence-electron chi connectivity index (χ1n) is 9.49. The first-order valence-corrected chi connectivity index (χ1v) is 9.87. The zero-order valence-electron chi connectivity index (χ0n) is 16.0. The molecule has 3 aromatic carbocycles. The SMILES string of the molecule is O=C1CC(c2ccc(Cl)cc2)c2c(cc(O)c3c(=O)c(-c4ccc(O)cc4)coc23)O1. The first-order chi connectivity index (χ1) is 14.9. The van der Waals surface area contributed by atoms with Crippen molar-refractivity contribution in [1.82, 2.24) is 0 Å². The number of hydrogen-bond donors (Lipinski definition) is 2. The van der Waals surface area contributed by atoms with E-state index in [0.29, 0.717) is 16.1 Å². The molecule has 0 radical (unpaired) electrons. The van der Waals surface area contributed by atoms with Crippen LogP contribution in [0.5, 0.6) is 17.2 Å². The van der Waals surface area contributed by atoms with Gasteiger partial charge in [-0.1, -0.05) is 35.9 Å². The maximum absolute atomic E-state index is 13.3. The number of carbonyl (C=O) groups excluding carboxylic acids is 1. The number of halogens is 1. The molecule has 0 bridgehead atoms. The van der Waals surface area contributed by atoms with E-state index in [9.17, 15) is 19.8 Å². The van der Waals surface area contributed by atoms with E-state index in [4.69, 9.17) is 20.8 Å². The monoisotopic (exact) mass is 434 g/mol. The van der Waals surface area contributed by atoms with E-state index in [1.807, 2.05) is 0 Å². The summed E-state index contributed by atoms with van der Waals surface area (Å²) in [5.41, 5.74) is 1.82. The second-order valence-electron chi connectivity index (χ2n) is 7.32. The maximum atomic E-state index is 13.3. The lowest BCUT2D eigenvalue weighted by Crippen LogP contribution is -2.22. The summed E-state index contributed by atoms with van der Waals surface area (Å²) in [6, 6.07) is 14.4. The number of hydrogen-bond acceptors (Lipinski definition) is 6. The van der Waals surface area contributed by atoms with Gasteiger partial charge >= 0.3 is 5.97 Å². The highest BCUT2D eigenvalue weighted by Gasteiger charge is 2.33. The molecule has 4 aromatic rings. The van der Waals surface area contributed by atoms with E-state index >= 15 is 0 Å². The van der Waals surface area contributed by atoms with Crippen molar-refractivity contribution in [2.45, 2.75) is 12.3 Å². The van der Waals surface area contributed by atoms with E-state index in [1.165, 1.54) is 24.5 Å². The first kappa shape index (κ1) is 19.2. The molecule has 0 saturated carbocycles. The molecular formula is C24H15ClO6. The molecule has 1 atom stereocenters. The zero-order valence-corrected chi connectivity index (χ0v) is 16.7. The van der Waals surface area contributed by atoms with Crippen LogP contribution in [0.4, 0.5) is 0 Å². The van der Waals surface area contributed by atoms with Gasteiger partial charge in [-0.15, -0.1) is 0 Å². The minimum atomic E-state index is -0.450. The highest BCUT2D eigenvalue weighted by Crippen LogP contribution is 2.45. The molecule has 31 heavy (non-hydrogen) atoms. The van der Waals surface area contributed by atoms with Crippen LogP contribution < -0.4 is 10.2 Å². The Morgan fingerprint density at radius 3 is 2.39 bits per heavy atom. The zero-order chi connectivity index (χ0) is 21.7. The average Bonchev–Trinajstić information content (AvgIpc) is 2.74. The molecule has 2 heterocycles. The number of ether oxygens (including phenoxy) is 1. The molecule has 1 aliphatic rings. The highest BCUT2D eigenvalue weighted by atomic mass is 35.5. The summed E-state index contributed by atoms with van der Waals surface area (Å²) >= 11 is 6.00. The molecule has 1 aliphatic heterocycles. The van der Waals surface area contributed by atoms with Crippen LogP contribution in [0.25, 0.3) is 22.1 Å². The van der Waals surface area contributed by atoms with Crippen molar-refractivity contribution >= 4 is 28.5 Å². The quantitative estimate of drug-likeness (QED) is 0.341. The van der Waals surface area contributed by atoms with E-state index in [2.05, 4.69) is 0 Å². The Morgan fingerprint density at radius 2 is 1.68 bits per heavy atom. The van der Waals surface area contributed by atoms with Crippen molar-refractivity contribution < 1.29 is 24.2 Å². The van der Waals surface area contributed by atoms with Gasteiger partial charge in [0.1, 0.15) is 34.5 Å². The summed E-state index contributed by atoms with van der Waals surface area (Å²) in [4.78, 5) is 25.5. The number of phenolic OH excluding ortho intramolecular Hbond substituents is 2. The van der Waals surface area contributed by atoms with E-state index in [-0.39, 0.29) is 40.2 Å². The molecule has 0 saturated heterocycles. The van der Waals surface area contributed by atoms with Crippen LogP contribution in [0.3, 0.4) is 0 Å². The molecule has 5 rings (SSSR count). The predicted molar refractivity (Wildman–Crippen MR) is 115 cm³/mol. The number of fused-ring (bicyclic) bond motifs is 3. The maximum Gasteiger partial charge on any atom is 0.312 e. The molecule has 7 heteroatoms. The molecule has 0 aliphatic carbocycles. The molecular weight excluding hydrogens is 420 g/mol. The fourth-order valence-corrected chi connectivity index (χ4v) is 4.08. The summed E-state index contributed by atoms with van der Waals surface area (Å²) in [6.07, 6.45) is 1.37. The lowest BCUT2D eigenvalue weighted by Gasteiger charge is -2.26. The van der Waals surface area contributed by atoms with Crippen LogP contribution in [-0.4, -0.2) is 16.2 Å². The Morgan fingerprint density at radius 1 is 0.968 bits per heavy atom. The third-order valence-electron chi connectivity index (χ3n) is 5.42. The van der Waals surface area contributed by atoms with Gasteiger partial charge in [-0.05, 0) is 35.4 Å². The number of carbonyl (C=O) groups is 1. The van der Waals surface area contributed by atoms with Gasteiger partial charge in [0, 0.05) is 22.6 Å². The molecule has 6 nitrogen and oxygen atoms in total. The van der Waals surface area contributed by atoms with E-state index in [0.717, 1.165) is 5.56 Å². The average molecular weight is 435 g/mol. The van der Waals surface area contributed by atoms with Crippen LogP contribution in [0, 0.1) is 0 Å². The molecule has 0 spiro atoms. The van der Waals surface area contributed by atoms with Crippen molar-refractivity contribution in [3.05, 3.63) is 87.2 Å². The molecule has 154 valence electrons. The summed E-state index contributed by atoms with van der Waals surface area (Å²) in [5.74, 6) is -0.999. The van der Waals surface area contributed by atoms with Crippen LogP contribution in [0.2, 0.25) is 5.02 Å². The number of phenols is 2. The minimum Gasteiger partial charge on any atom is -0.508 e. The summed E-state index contributed by atoms with van der Waals surface area (Å²) in [7, 11) is 0.